The summed E-state index contributed by atoms with van der Waals surface area (Å²) < 4.78 is 5.34. The molecule has 0 radical (unpaired) electrons. The van der Waals surface area contributed by atoms with Crippen LogP contribution in [0.15, 0.2) is 0 Å². The molecule has 0 bridgehead atoms. The van der Waals surface area contributed by atoms with Gasteiger partial charge in [-0.25, -0.2) is 5.84 Å². The fraction of sp³-hybridized carbons (Fsp3) is 0.857. The highest BCUT2D eigenvalue weighted by atomic mass is 16.5. The third-order valence-corrected chi connectivity index (χ3v) is 4.59. The van der Waals surface area contributed by atoms with Gasteiger partial charge in [-0.3, -0.25) is 19.9 Å². The summed E-state index contributed by atoms with van der Waals surface area (Å²) in [7, 11) is 1.74. The van der Waals surface area contributed by atoms with E-state index in [1.54, 1.807) is 7.11 Å². The first-order valence-corrected chi connectivity index (χ1v) is 7.67. The van der Waals surface area contributed by atoms with Gasteiger partial charge in [0, 0.05) is 39.2 Å². The monoisotopic (exact) mass is 298 g/mol. The van der Waals surface area contributed by atoms with Crippen LogP contribution in [-0.2, 0) is 14.3 Å². The maximum absolute atomic E-state index is 12.3. The van der Waals surface area contributed by atoms with Crippen LogP contribution in [0.25, 0.3) is 0 Å². The summed E-state index contributed by atoms with van der Waals surface area (Å²) in [5, 5.41) is 0. The zero-order valence-corrected chi connectivity index (χ0v) is 12.7. The average Bonchev–Trinajstić information content (AvgIpc) is 2.55. The highest BCUT2D eigenvalue weighted by Gasteiger charge is 2.28. The Hall–Kier alpha value is -1.18. The van der Waals surface area contributed by atoms with Gasteiger partial charge in [0.1, 0.15) is 0 Å². The SMILES string of the molecule is COC1CCN(CC(=O)N2CCC(C(=O)NN)CC2)CC1. The number of hydrogen-bond donors (Lipinski definition) is 2. The van der Waals surface area contributed by atoms with E-state index in [-0.39, 0.29) is 17.7 Å². The van der Waals surface area contributed by atoms with Gasteiger partial charge in [0.05, 0.1) is 12.6 Å². The van der Waals surface area contributed by atoms with Crippen LogP contribution in [0.2, 0.25) is 0 Å². The minimum Gasteiger partial charge on any atom is -0.381 e. The molecule has 21 heavy (non-hydrogen) atoms. The van der Waals surface area contributed by atoms with Gasteiger partial charge < -0.3 is 9.64 Å². The fourth-order valence-electron chi connectivity index (χ4n) is 3.10. The largest absolute Gasteiger partial charge is 0.381 e. The number of nitrogens with one attached hydrogen (secondary N) is 1. The van der Waals surface area contributed by atoms with E-state index in [9.17, 15) is 9.59 Å². The molecule has 0 spiro atoms. The predicted octanol–water partition coefficient (Wildman–Crippen LogP) is -0.674. The smallest absolute Gasteiger partial charge is 0.237 e. The molecule has 0 atom stereocenters. The maximum atomic E-state index is 12.3. The molecule has 2 amide bonds. The minimum atomic E-state index is -0.122. The van der Waals surface area contributed by atoms with Crippen molar-refractivity contribution < 1.29 is 14.3 Å². The van der Waals surface area contributed by atoms with Crippen molar-refractivity contribution in [3.63, 3.8) is 0 Å². The second-order valence-electron chi connectivity index (χ2n) is 5.87. The maximum Gasteiger partial charge on any atom is 0.237 e. The number of hydrazine groups is 1. The molecule has 2 rings (SSSR count). The quantitative estimate of drug-likeness (QED) is 0.408. The summed E-state index contributed by atoms with van der Waals surface area (Å²) >= 11 is 0. The van der Waals surface area contributed by atoms with Crippen LogP contribution in [-0.4, -0.2) is 67.6 Å². The first-order chi connectivity index (χ1) is 10.1. The molecule has 2 fully saturated rings. The number of ether oxygens (including phenoxy) is 1. The van der Waals surface area contributed by atoms with E-state index in [4.69, 9.17) is 10.6 Å². The Labute approximate surface area is 125 Å². The fourth-order valence-corrected chi connectivity index (χ4v) is 3.10. The Morgan fingerprint density at radius 2 is 1.76 bits per heavy atom. The molecule has 0 aromatic heterocycles. The van der Waals surface area contributed by atoms with Crippen LogP contribution in [0, 0.1) is 5.92 Å². The van der Waals surface area contributed by atoms with Crippen LogP contribution < -0.4 is 11.3 Å². The van der Waals surface area contributed by atoms with Crippen LogP contribution >= 0.6 is 0 Å². The van der Waals surface area contributed by atoms with Crippen molar-refractivity contribution in [2.45, 2.75) is 31.8 Å². The Kier molecular flexibility index (Phi) is 5.96. The Morgan fingerprint density at radius 1 is 1.14 bits per heavy atom. The summed E-state index contributed by atoms with van der Waals surface area (Å²) in [4.78, 5) is 27.8. The molecular weight excluding hydrogens is 272 g/mol. The summed E-state index contributed by atoms with van der Waals surface area (Å²) in [6, 6.07) is 0. The van der Waals surface area contributed by atoms with E-state index in [0.29, 0.717) is 38.6 Å². The van der Waals surface area contributed by atoms with E-state index >= 15 is 0 Å². The molecule has 0 aliphatic carbocycles. The van der Waals surface area contributed by atoms with Gasteiger partial charge in [0.2, 0.25) is 11.8 Å². The first kappa shape index (κ1) is 16.2. The molecule has 7 nitrogen and oxygen atoms in total. The lowest BCUT2D eigenvalue weighted by atomic mass is 9.96. The van der Waals surface area contributed by atoms with Crippen molar-refractivity contribution in [3.8, 4) is 0 Å². The van der Waals surface area contributed by atoms with E-state index < -0.39 is 0 Å². The zero-order chi connectivity index (χ0) is 15.2. The number of carbonyl (C=O) groups excluding carboxylic acids is 2. The number of amides is 2. The van der Waals surface area contributed by atoms with Crippen LogP contribution in [0.5, 0.6) is 0 Å². The standard InChI is InChI=1S/C14H26N4O3/c1-21-12-4-6-17(7-5-12)10-13(19)18-8-2-11(3-9-18)14(20)16-15/h11-12H,2-10,15H2,1H3,(H,16,20). The highest BCUT2D eigenvalue weighted by molar-refractivity contribution is 5.80. The summed E-state index contributed by atoms with van der Waals surface area (Å²) in [5.41, 5.74) is 2.19. The molecule has 2 heterocycles. The van der Waals surface area contributed by atoms with E-state index in [0.717, 1.165) is 25.9 Å². The van der Waals surface area contributed by atoms with Crippen molar-refractivity contribution in [3.05, 3.63) is 0 Å². The molecule has 2 aliphatic rings. The Morgan fingerprint density at radius 3 is 2.29 bits per heavy atom. The van der Waals surface area contributed by atoms with Crippen LogP contribution in [0.4, 0.5) is 0 Å². The van der Waals surface area contributed by atoms with Crippen molar-refractivity contribution in [2.24, 2.45) is 11.8 Å². The molecule has 2 aliphatic heterocycles. The molecule has 2 saturated heterocycles. The van der Waals surface area contributed by atoms with Gasteiger partial charge in [-0.1, -0.05) is 0 Å². The lowest BCUT2D eigenvalue weighted by molar-refractivity contribution is -0.137. The number of methoxy groups -OCH3 is 1. The molecule has 120 valence electrons. The molecule has 0 aromatic carbocycles. The predicted molar refractivity (Wildman–Crippen MR) is 78.1 cm³/mol. The summed E-state index contributed by atoms with van der Waals surface area (Å²) in [6.45, 7) is 3.59. The van der Waals surface area contributed by atoms with Gasteiger partial charge in [-0.05, 0) is 25.7 Å². The van der Waals surface area contributed by atoms with E-state index in [1.807, 2.05) is 4.90 Å². The number of nitrogens with two attached hydrogens (primary N) is 1. The van der Waals surface area contributed by atoms with Crippen LogP contribution in [0.1, 0.15) is 25.7 Å². The number of piperidine rings is 2. The van der Waals surface area contributed by atoms with E-state index in [2.05, 4.69) is 10.3 Å². The topological polar surface area (TPSA) is 87.9 Å². The van der Waals surface area contributed by atoms with Crippen molar-refractivity contribution in [1.29, 1.82) is 0 Å². The van der Waals surface area contributed by atoms with Crippen molar-refractivity contribution >= 4 is 11.8 Å². The van der Waals surface area contributed by atoms with Gasteiger partial charge in [-0.15, -0.1) is 0 Å². The zero-order valence-electron chi connectivity index (χ0n) is 12.7. The number of nitrogens with zero attached hydrogens (tertiary/aromatic N) is 2. The number of rotatable bonds is 4. The lowest BCUT2D eigenvalue weighted by Gasteiger charge is -2.35. The van der Waals surface area contributed by atoms with Crippen molar-refractivity contribution in [2.75, 3.05) is 39.8 Å². The molecule has 0 saturated carbocycles. The molecule has 3 N–H and O–H groups in total. The molecule has 0 unspecified atom stereocenters. The third kappa shape index (κ3) is 4.39. The number of carbonyl (C=O) groups is 2. The highest BCUT2D eigenvalue weighted by Crippen LogP contribution is 2.18. The summed E-state index contributed by atoms with van der Waals surface area (Å²) in [5.74, 6) is 5.13. The summed E-state index contributed by atoms with van der Waals surface area (Å²) in [6.07, 6.45) is 3.70. The van der Waals surface area contributed by atoms with Gasteiger partial charge >= 0.3 is 0 Å². The number of hydrogen-bond acceptors (Lipinski definition) is 5. The van der Waals surface area contributed by atoms with Gasteiger partial charge in [0.25, 0.3) is 0 Å². The van der Waals surface area contributed by atoms with E-state index in [1.165, 1.54) is 0 Å². The molecular formula is C14H26N4O3. The first-order valence-electron chi connectivity index (χ1n) is 7.67. The van der Waals surface area contributed by atoms with Gasteiger partial charge in [-0.2, -0.15) is 0 Å². The van der Waals surface area contributed by atoms with Crippen molar-refractivity contribution in [1.82, 2.24) is 15.2 Å². The second kappa shape index (κ2) is 7.72. The minimum absolute atomic E-state index is 0.0588. The van der Waals surface area contributed by atoms with Gasteiger partial charge in [0.15, 0.2) is 0 Å². The molecule has 0 aromatic rings. The normalized spacial score (nSPS) is 22.3. The number of likely N-dealkylation sites (tertiary alicyclic amines) is 2. The van der Waals surface area contributed by atoms with Crippen LogP contribution in [0.3, 0.4) is 0 Å². The lowest BCUT2D eigenvalue weighted by Crippen LogP contribution is -2.48. The molecule has 7 heteroatoms. The third-order valence-electron chi connectivity index (χ3n) is 4.59. The average molecular weight is 298 g/mol. The Bertz CT molecular complexity index is 361. The Balaban J connectivity index is 1.71. The second-order valence-corrected chi connectivity index (χ2v) is 5.87.